The van der Waals surface area contributed by atoms with Crippen LogP contribution in [0.4, 0.5) is 5.00 Å². The number of anilines is 1. The largest absolute Gasteiger partial charge is 0.315 e. The maximum Gasteiger partial charge on any atom is 0.229 e. The molecule has 0 bridgehead atoms. The normalized spacial score (nSPS) is 10.4. The number of nitrogens with zero attached hydrogens (tertiary/aromatic N) is 1. The highest BCUT2D eigenvalue weighted by atomic mass is 79.9. The Morgan fingerprint density at radius 1 is 1.44 bits per heavy atom. The second kappa shape index (κ2) is 5.82. The second-order valence-electron chi connectivity index (χ2n) is 3.76. The molecule has 1 heterocycles. The van der Waals surface area contributed by atoms with Crippen molar-refractivity contribution >= 4 is 50.0 Å². The fraction of sp³-hybridized carbons (Fsp3) is 0.167. The van der Waals surface area contributed by atoms with Crippen LogP contribution in [0.3, 0.4) is 0 Å². The van der Waals surface area contributed by atoms with Crippen LogP contribution in [0.2, 0.25) is 5.02 Å². The van der Waals surface area contributed by atoms with Crippen molar-refractivity contribution in [3.63, 3.8) is 0 Å². The molecule has 0 unspecified atom stereocenters. The second-order valence-corrected chi connectivity index (χ2v) is 5.83. The van der Waals surface area contributed by atoms with Crippen LogP contribution in [0, 0.1) is 6.92 Å². The highest BCUT2D eigenvalue weighted by Crippen LogP contribution is 2.29. The van der Waals surface area contributed by atoms with Crippen LogP contribution < -0.4 is 5.32 Å². The van der Waals surface area contributed by atoms with Gasteiger partial charge in [-0.3, -0.25) is 4.79 Å². The molecular formula is C12H10BrClN2OS. The summed E-state index contributed by atoms with van der Waals surface area (Å²) >= 11 is 10.6. The Hall–Kier alpha value is -0.910. The number of carbonyl (C=O) groups is 1. The summed E-state index contributed by atoms with van der Waals surface area (Å²) in [4.78, 5) is 11.8. The van der Waals surface area contributed by atoms with Crippen LogP contribution in [0.1, 0.15) is 11.3 Å². The number of halogens is 2. The summed E-state index contributed by atoms with van der Waals surface area (Å²) in [6.45, 7) is 1.81. The first kappa shape index (κ1) is 13.5. The first-order valence-corrected chi connectivity index (χ1v) is 7.17. The lowest BCUT2D eigenvalue weighted by atomic mass is 10.1. The SMILES string of the molecule is Cc1nsc(NC(=O)Cc2ccc(Br)cc2)c1Cl. The molecule has 2 aromatic rings. The Bertz CT molecular complexity index is 568. The fourth-order valence-corrected chi connectivity index (χ4v) is 2.61. The van der Waals surface area contributed by atoms with E-state index in [4.69, 9.17) is 11.6 Å². The molecule has 0 aliphatic carbocycles. The third-order valence-electron chi connectivity index (χ3n) is 2.32. The maximum absolute atomic E-state index is 11.8. The van der Waals surface area contributed by atoms with Gasteiger partial charge in [-0.1, -0.05) is 39.7 Å². The van der Waals surface area contributed by atoms with E-state index in [1.54, 1.807) is 0 Å². The molecule has 18 heavy (non-hydrogen) atoms. The summed E-state index contributed by atoms with van der Waals surface area (Å²) in [5, 5.41) is 3.89. The topological polar surface area (TPSA) is 42.0 Å². The highest BCUT2D eigenvalue weighted by molar-refractivity contribution is 9.10. The van der Waals surface area contributed by atoms with Gasteiger partial charge in [0.2, 0.25) is 5.91 Å². The van der Waals surface area contributed by atoms with Gasteiger partial charge in [0.15, 0.2) is 0 Å². The standard InChI is InChI=1S/C12H10BrClN2OS/c1-7-11(14)12(18-16-7)15-10(17)6-8-2-4-9(13)5-3-8/h2-5H,6H2,1H3,(H,15,17). The quantitative estimate of drug-likeness (QED) is 0.912. The van der Waals surface area contributed by atoms with Crippen molar-refractivity contribution in [2.75, 3.05) is 5.32 Å². The maximum atomic E-state index is 11.8. The number of aromatic nitrogens is 1. The molecule has 1 amide bonds. The fourth-order valence-electron chi connectivity index (χ4n) is 1.39. The Balaban J connectivity index is 2.01. The lowest BCUT2D eigenvalue weighted by Crippen LogP contribution is -2.13. The zero-order valence-electron chi connectivity index (χ0n) is 9.54. The van der Waals surface area contributed by atoms with E-state index in [0.717, 1.165) is 15.7 Å². The molecule has 1 N–H and O–H groups in total. The van der Waals surface area contributed by atoms with Crippen LogP contribution >= 0.6 is 39.1 Å². The van der Waals surface area contributed by atoms with Crippen molar-refractivity contribution < 1.29 is 4.79 Å². The third kappa shape index (κ3) is 3.31. The Labute approximate surface area is 122 Å². The molecular weight excluding hydrogens is 336 g/mol. The van der Waals surface area contributed by atoms with Gasteiger partial charge in [-0.2, -0.15) is 4.37 Å². The number of benzene rings is 1. The van der Waals surface area contributed by atoms with Gasteiger partial charge in [0, 0.05) is 4.47 Å². The molecule has 0 aliphatic heterocycles. The zero-order chi connectivity index (χ0) is 13.1. The Kier molecular flexibility index (Phi) is 4.37. The number of amides is 1. The van der Waals surface area contributed by atoms with Crippen LogP contribution in [0.25, 0.3) is 0 Å². The Morgan fingerprint density at radius 3 is 2.67 bits per heavy atom. The molecule has 0 aliphatic rings. The van der Waals surface area contributed by atoms with E-state index in [9.17, 15) is 4.79 Å². The molecule has 0 saturated carbocycles. The molecule has 2 rings (SSSR count). The van der Waals surface area contributed by atoms with Crippen molar-refractivity contribution in [1.29, 1.82) is 0 Å². The summed E-state index contributed by atoms with van der Waals surface area (Å²) < 4.78 is 5.07. The summed E-state index contributed by atoms with van der Waals surface area (Å²) in [6, 6.07) is 7.63. The van der Waals surface area contributed by atoms with Crippen molar-refractivity contribution in [2.45, 2.75) is 13.3 Å². The van der Waals surface area contributed by atoms with Crippen LogP contribution in [0.5, 0.6) is 0 Å². The highest BCUT2D eigenvalue weighted by Gasteiger charge is 2.11. The van der Waals surface area contributed by atoms with Crippen molar-refractivity contribution in [1.82, 2.24) is 4.37 Å². The van der Waals surface area contributed by atoms with Gasteiger partial charge < -0.3 is 5.32 Å². The molecule has 0 radical (unpaired) electrons. The monoisotopic (exact) mass is 344 g/mol. The van der Waals surface area contributed by atoms with Crippen molar-refractivity contribution in [3.8, 4) is 0 Å². The predicted octanol–water partition coefficient (Wildman–Crippen LogP) is 4.05. The van der Waals surface area contributed by atoms with Gasteiger partial charge in [0.25, 0.3) is 0 Å². The van der Waals surface area contributed by atoms with E-state index < -0.39 is 0 Å². The molecule has 0 fully saturated rings. The smallest absolute Gasteiger partial charge is 0.229 e. The van der Waals surface area contributed by atoms with Crippen LogP contribution in [-0.4, -0.2) is 10.3 Å². The molecule has 1 aromatic heterocycles. The van der Waals surface area contributed by atoms with Gasteiger partial charge >= 0.3 is 0 Å². The molecule has 3 nitrogen and oxygen atoms in total. The first-order valence-electron chi connectivity index (χ1n) is 5.22. The van der Waals surface area contributed by atoms with E-state index in [0.29, 0.717) is 16.4 Å². The van der Waals surface area contributed by atoms with Crippen molar-refractivity contribution in [2.24, 2.45) is 0 Å². The van der Waals surface area contributed by atoms with Gasteiger partial charge in [0.1, 0.15) is 5.00 Å². The van der Waals surface area contributed by atoms with E-state index in [2.05, 4.69) is 25.6 Å². The minimum absolute atomic E-state index is 0.0946. The van der Waals surface area contributed by atoms with Crippen molar-refractivity contribution in [3.05, 3.63) is 45.0 Å². The number of rotatable bonds is 3. The average molecular weight is 346 g/mol. The lowest BCUT2D eigenvalue weighted by Gasteiger charge is -2.03. The molecule has 1 aromatic carbocycles. The number of hydrogen-bond acceptors (Lipinski definition) is 3. The number of hydrogen-bond donors (Lipinski definition) is 1. The molecule has 6 heteroatoms. The van der Waals surface area contributed by atoms with Crippen LogP contribution in [0.15, 0.2) is 28.7 Å². The summed E-state index contributed by atoms with van der Waals surface area (Å²) in [5.74, 6) is -0.0946. The zero-order valence-corrected chi connectivity index (χ0v) is 12.7. The average Bonchev–Trinajstić information content (AvgIpc) is 2.64. The predicted molar refractivity (Wildman–Crippen MR) is 78.3 cm³/mol. The summed E-state index contributed by atoms with van der Waals surface area (Å²) in [6.07, 6.45) is 0.320. The van der Waals surface area contributed by atoms with E-state index >= 15 is 0 Å². The molecule has 0 atom stereocenters. The minimum Gasteiger partial charge on any atom is -0.315 e. The Morgan fingerprint density at radius 2 is 2.11 bits per heavy atom. The number of aryl methyl sites for hydroxylation is 1. The van der Waals surface area contributed by atoms with E-state index in [1.807, 2.05) is 31.2 Å². The summed E-state index contributed by atoms with van der Waals surface area (Å²) in [7, 11) is 0. The lowest BCUT2D eigenvalue weighted by molar-refractivity contribution is -0.115. The number of carbonyl (C=O) groups excluding carboxylic acids is 1. The van der Waals surface area contributed by atoms with Gasteiger partial charge in [-0.15, -0.1) is 0 Å². The van der Waals surface area contributed by atoms with Crippen LogP contribution in [-0.2, 0) is 11.2 Å². The first-order chi connectivity index (χ1) is 8.56. The molecule has 94 valence electrons. The third-order valence-corrected chi connectivity index (χ3v) is 4.28. The van der Waals surface area contributed by atoms with E-state index in [1.165, 1.54) is 11.5 Å². The minimum atomic E-state index is -0.0946. The summed E-state index contributed by atoms with van der Waals surface area (Å²) in [5.41, 5.74) is 1.69. The number of nitrogens with one attached hydrogen (secondary N) is 1. The van der Waals surface area contributed by atoms with Gasteiger partial charge in [-0.05, 0) is 36.2 Å². The molecule has 0 saturated heterocycles. The van der Waals surface area contributed by atoms with Gasteiger partial charge in [0.05, 0.1) is 17.1 Å². The van der Waals surface area contributed by atoms with E-state index in [-0.39, 0.29) is 5.91 Å². The van der Waals surface area contributed by atoms with Gasteiger partial charge in [-0.25, -0.2) is 0 Å². The molecule has 0 spiro atoms.